The molecule has 72 valence electrons. The van der Waals surface area contributed by atoms with Crippen molar-refractivity contribution in [1.29, 1.82) is 0 Å². The number of benzene rings is 1. The van der Waals surface area contributed by atoms with Crippen LogP contribution in [0.25, 0.3) is 11.3 Å². The zero-order chi connectivity index (χ0) is 9.97. The van der Waals surface area contributed by atoms with Crippen LogP contribution in [0.15, 0.2) is 40.9 Å². The Bertz CT molecular complexity index is 411. The van der Waals surface area contributed by atoms with Crippen LogP contribution in [0.5, 0.6) is 0 Å². The predicted molar refractivity (Wildman–Crippen MR) is 46.9 cm³/mol. The van der Waals surface area contributed by atoms with Gasteiger partial charge in [-0.1, -0.05) is 30.3 Å². The van der Waals surface area contributed by atoms with Crippen molar-refractivity contribution in [3.8, 4) is 11.3 Å². The average molecular weight is 195 g/mol. The summed E-state index contributed by atoms with van der Waals surface area (Å²) in [6, 6.07) is 9.00. The van der Waals surface area contributed by atoms with Gasteiger partial charge in [-0.2, -0.15) is 8.78 Å². The van der Waals surface area contributed by atoms with Crippen molar-refractivity contribution in [2.75, 3.05) is 0 Å². The van der Waals surface area contributed by atoms with E-state index in [1.165, 1.54) is 6.20 Å². The minimum atomic E-state index is -2.66. The molecule has 0 saturated heterocycles. The van der Waals surface area contributed by atoms with Crippen LogP contribution in [-0.2, 0) is 0 Å². The number of oxazole rings is 1. The highest BCUT2D eigenvalue weighted by Crippen LogP contribution is 2.24. The fourth-order valence-corrected chi connectivity index (χ4v) is 1.12. The minimum absolute atomic E-state index is 0.362. The number of aromatic nitrogens is 1. The van der Waals surface area contributed by atoms with Crippen LogP contribution < -0.4 is 0 Å². The van der Waals surface area contributed by atoms with E-state index in [2.05, 4.69) is 4.98 Å². The Kier molecular flexibility index (Phi) is 2.26. The lowest BCUT2D eigenvalue weighted by Crippen LogP contribution is -1.80. The number of rotatable bonds is 2. The third-order valence-corrected chi connectivity index (χ3v) is 1.77. The van der Waals surface area contributed by atoms with E-state index in [0.717, 1.165) is 5.56 Å². The summed E-state index contributed by atoms with van der Waals surface area (Å²) < 4.78 is 29.1. The van der Waals surface area contributed by atoms with E-state index in [0.29, 0.717) is 5.76 Å². The lowest BCUT2D eigenvalue weighted by molar-refractivity contribution is 0.116. The second-order valence-corrected chi connectivity index (χ2v) is 2.73. The van der Waals surface area contributed by atoms with Crippen molar-refractivity contribution < 1.29 is 13.2 Å². The first-order chi connectivity index (χ1) is 6.77. The highest BCUT2D eigenvalue weighted by atomic mass is 19.3. The fourth-order valence-electron chi connectivity index (χ4n) is 1.12. The molecule has 0 aliphatic heterocycles. The van der Waals surface area contributed by atoms with E-state index in [1.54, 1.807) is 24.3 Å². The van der Waals surface area contributed by atoms with E-state index < -0.39 is 12.3 Å². The summed E-state index contributed by atoms with van der Waals surface area (Å²) in [5, 5.41) is 0. The molecule has 0 fully saturated rings. The van der Waals surface area contributed by atoms with Gasteiger partial charge in [-0.15, -0.1) is 0 Å². The lowest BCUT2D eigenvalue weighted by Gasteiger charge is -1.94. The molecule has 0 radical (unpaired) electrons. The Morgan fingerprint density at radius 1 is 1.14 bits per heavy atom. The fraction of sp³-hybridized carbons (Fsp3) is 0.100. The van der Waals surface area contributed by atoms with Crippen LogP contribution >= 0.6 is 0 Å². The molecule has 1 heterocycles. The van der Waals surface area contributed by atoms with E-state index in [-0.39, 0.29) is 0 Å². The maximum atomic E-state index is 12.1. The summed E-state index contributed by atoms with van der Waals surface area (Å²) in [5.41, 5.74) is 0.743. The van der Waals surface area contributed by atoms with Crippen LogP contribution in [0.3, 0.4) is 0 Å². The quantitative estimate of drug-likeness (QED) is 0.734. The van der Waals surface area contributed by atoms with E-state index >= 15 is 0 Å². The zero-order valence-electron chi connectivity index (χ0n) is 7.15. The van der Waals surface area contributed by atoms with Gasteiger partial charge in [0.15, 0.2) is 5.76 Å². The van der Waals surface area contributed by atoms with E-state index in [4.69, 9.17) is 4.42 Å². The summed E-state index contributed by atoms with van der Waals surface area (Å²) in [6.07, 6.45) is -1.36. The Morgan fingerprint density at radius 2 is 1.86 bits per heavy atom. The van der Waals surface area contributed by atoms with Crippen molar-refractivity contribution in [2.24, 2.45) is 0 Å². The van der Waals surface area contributed by atoms with Crippen molar-refractivity contribution >= 4 is 0 Å². The summed E-state index contributed by atoms with van der Waals surface area (Å²) in [7, 11) is 0. The molecule has 0 aliphatic carbocycles. The molecule has 14 heavy (non-hydrogen) atoms. The number of hydrogen-bond donors (Lipinski definition) is 0. The number of halogens is 2. The van der Waals surface area contributed by atoms with Gasteiger partial charge in [-0.05, 0) is 0 Å². The molecule has 4 heteroatoms. The summed E-state index contributed by atoms with van der Waals surface area (Å²) in [6.45, 7) is 0. The van der Waals surface area contributed by atoms with E-state index in [9.17, 15) is 8.78 Å². The number of nitrogens with zero attached hydrogens (tertiary/aromatic N) is 1. The largest absolute Gasteiger partial charge is 0.435 e. The standard InChI is InChI=1S/C10H7F2NO/c11-9(12)10-13-6-8(14-10)7-4-2-1-3-5-7/h1-6,9H. The molecular weight excluding hydrogens is 188 g/mol. The predicted octanol–water partition coefficient (Wildman–Crippen LogP) is 3.28. The monoisotopic (exact) mass is 195 g/mol. The third kappa shape index (κ3) is 1.64. The normalized spacial score (nSPS) is 10.8. The van der Waals surface area contributed by atoms with Crippen molar-refractivity contribution in [3.05, 3.63) is 42.4 Å². The average Bonchev–Trinajstić information content (AvgIpc) is 2.68. The minimum Gasteiger partial charge on any atom is -0.435 e. The highest BCUT2D eigenvalue weighted by Gasteiger charge is 2.14. The van der Waals surface area contributed by atoms with Crippen LogP contribution in [0.1, 0.15) is 12.3 Å². The molecule has 2 nitrogen and oxygen atoms in total. The highest BCUT2D eigenvalue weighted by molar-refractivity contribution is 5.55. The van der Waals surface area contributed by atoms with Crippen LogP contribution in [-0.4, -0.2) is 4.98 Å². The molecule has 2 rings (SSSR count). The molecule has 0 atom stereocenters. The lowest BCUT2D eigenvalue weighted by atomic mass is 10.2. The van der Waals surface area contributed by atoms with Gasteiger partial charge >= 0.3 is 6.43 Å². The van der Waals surface area contributed by atoms with Gasteiger partial charge in [-0.3, -0.25) is 0 Å². The molecule has 0 bridgehead atoms. The summed E-state index contributed by atoms with van der Waals surface area (Å²) in [4.78, 5) is 3.48. The summed E-state index contributed by atoms with van der Waals surface area (Å²) >= 11 is 0. The van der Waals surface area contributed by atoms with Crippen LogP contribution in [0, 0.1) is 0 Å². The maximum Gasteiger partial charge on any atom is 0.313 e. The smallest absolute Gasteiger partial charge is 0.313 e. The van der Waals surface area contributed by atoms with E-state index in [1.807, 2.05) is 6.07 Å². The van der Waals surface area contributed by atoms with Gasteiger partial charge < -0.3 is 4.42 Å². The van der Waals surface area contributed by atoms with Crippen LogP contribution in [0.2, 0.25) is 0 Å². The topological polar surface area (TPSA) is 26.0 Å². The van der Waals surface area contributed by atoms with Gasteiger partial charge in [0.05, 0.1) is 6.20 Å². The van der Waals surface area contributed by atoms with Gasteiger partial charge in [0.1, 0.15) is 0 Å². The molecule has 0 saturated carbocycles. The first-order valence-electron chi connectivity index (χ1n) is 4.06. The van der Waals surface area contributed by atoms with Crippen molar-refractivity contribution in [2.45, 2.75) is 6.43 Å². The Morgan fingerprint density at radius 3 is 2.43 bits per heavy atom. The Labute approximate surface area is 79.2 Å². The second-order valence-electron chi connectivity index (χ2n) is 2.73. The van der Waals surface area contributed by atoms with Gasteiger partial charge in [0.2, 0.25) is 0 Å². The molecule has 1 aromatic heterocycles. The van der Waals surface area contributed by atoms with Crippen LogP contribution in [0.4, 0.5) is 8.78 Å². The molecule has 0 spiro atoms. The van der Waals surface area contributed by atoms with Gasteiger partial charge in [-0.25, -0.2) is 4.98 Å². The van der Waals surface area contributed by atoms with Gasteiger partial charge in [0, 0.05) is 5.56 Å². The molecule has 0 N–H and O–H groups in total. The van der Waals surface area contributed by atoms with Crippen molar-refractivity contribution in [3.63, 3.8) is 0 Å². The SMILES string of the molecule is FC(F)c1ncc(-c2ccccc2)o1. The third-order valence-electron chi connectivity index (χ3n) is 1.77. The van der Waals surface area contributed by atoms with Crippen molar-refractivity contribution in [1.82, 2.24) is 4.98 Å². The zero-order valence-corrected chi connectivity index (χ0v) is 7.15. The first-order valence-corrected chi connectivity index (χ1v) is 4.06. The summed E-state index contributed by atoms with van der Waals surface area (Å²) in [5.74, 6) is -0.176. The molecule has 0 unspecified atom stereocenters. The molecule has 1 aromatic carbocycles. The Hall–Kier alpha value is -1.71. The molecule has 0 amide bonds. The van der Waals surface area contributed by atoms with Gasteiger partial charge in [0.25, 0.3) is 5.89 Å². The number of hydrogen-bond acceptors (Lipinski definition) is 2. The molecule has 2 aromatic rings. The number of alkyl halides is 2. The second kappa shape index (κ2) is 3.57. The molecule has 0 aliphatic rings. The maximum absolute atomic E-state index is 12.1. The Balaban J connectivity index is 2.34. The first kappa shape index (κ1) is 8.87. The molecular formula is C10H7F2NO.